The average Bonchev–Trinajstić information content (AvgIpc) is 3.09. The van der Waals surface area contributed by atoms with Gasteiger partial charge in [-0.1, -0.05) is 0 Å². The van der Waals surface area contributed by atoms with E-state index in [1.807, 2.05) is 12.3 Å². The van der Waals surface area contributed by atoms with Gasteiger partial charge in [0, 0.05) is 24.8 Å². The lowest BCUT2D eigenvalue weighted by molar-refractivity contribution is 0.168. The molecule has 2 fully saturated rings. The first-order chi connectivity index (χ1) is 9.36. The molecule has 2 N–H and O–H groups in total. The van der Waals surface area contributed by atoms with Crippen LogP contribution in [0.4, 0.5) is 5.82 Å². The van der Waals surface area contributed by atoms with E-state index in [-0.39, 0.29) is 5.54 Å². The monoisotopic (exact) mass is 259 g/mol. The van der Waals surface area contributed by atoms with E-state index in [0.29, 0.717) is 6.73 Å². The van der Waals surface area contributed by atoms with E-state index in [0.717, 1.165) is 49.4 Å². The van der Waals surface area contributed by atoms with E-state index in [4.69, 9.17) is 4.74 Å². The second-order valence-corrected chi connectivity index (χ2v) is 5.37. The van der Waals surface area contributed by atoms with Crippen LogP contribution in [0.2, 0.25) is 0 Å². The molecule has 6 heteroatoms. The van der Waals surface area contributed by atoms with Crippen LogP contribution in [0.25, 0.3) is 11.0 Å². The predicted molar refractivity (Wildman–Crippen MR) is 72.0 cm³/mol. The van der Waals surface area contributed by atoms with Gasteiger partial charge in [0.1, 0.15) is 17.8 Å². The van der Waals surface area contributed by atoms with E-state index in [1.165, 1.54) is 0 Å². The van der Waals surface area contributed by atoms with Gasteiger partial charge < -0.3 is 14.6 Å². The van der Waals surface area contributed by atoms with Crippen LogP contribution < -0.4 is 10.2 Å². The number of piperidine rings is 1. The van der Waals surface area contributed by atoms with Crippen molar-refractivity contribution in [2.75, 3.05) is 31.3 Å². The molecule has 6 nitrogen and oxygen atoms in total. The van der Waals surface area contributed by atoms with Crippen LogP contribution >= 0.6 is 0 Å². The number of nitrogens with one attached hydrogen (secondary N) is 2. The molecule has 0 amide bonds. The second-order valence-electron chi connectivity index (χ2n) is 5.37. The maximum absolute atomic E-state index is 5.48. The first kappa shape index (κ1) is 11.2. The highest BCUT2D eigenvalue weighted by atomic mass is 16.5. The summed E-state index contributed by atoms with van der Waals surface area (Å²) in [7, 11) is 0. The Balaban J connectivity index is 1.59. The number of nitrogens with zero attached hydrogens (tertiary/aromatic N) is 3. The Morgan fingerprint density at radius 3 is 2.95 bits per heavy atom. The van der Waals surface area contributed by atoms with E-state index in [9.17, 15) is 0 Å². The van der Waals surface area contributed by atoms with Gasteiger partial charge in [0.05, 0.1) is 18.7 Å². The van der Waals surface area contributed by atoms with Crippen molar-refractivity contribution in [1.29, 1.82) is 0 Å². The molecule has 19 heavy (non-hydrogen) atoms. The SMILES string of the molecule is c1nc(N2CCC3(CC2)COCN3)c2cc[nH]c2n1. The Morgan fingerprint density at radius 2 is 2.16 bits per heavy atom. The van der Waals surface area contributed by atoms with Gasteiger partial charge in [0.15, 0.2) is 0 Å². The van der Waals surface area contributed by atoms with Crippen molar-refractivity contribution in [3.8, 4) is 0 Å². The zero-order valence-electron chi connectivity index (χ0n) is 10.7. The van der Waals surface area contributed by atoms with Gasteiger partial charge in [0.25, 0.3) is 0 Å². The summed E-state index contributed by atoms with van der Waals surface area (Å²) in [5.74, 6) is 1.04. The molecule has 2 aromatic rings. The smallest absolute Gasteiger partial charge is 0.142 e. The van der Waals surface area contributed by atoms with Crippen molar-refractivity contribution >= 4 is 16.9 Å². The Hall–Kier alpha value is -1.66. The summed E-state index contributed by atoms with van der Waals surface area (Å²) >= 11 is 0. The summed E-state index contributed by atoms with van der Waals surface area (Å²) in [6.45, 7) is 3.54. The van der Waals surface area contributed by atoms with Crippen LogP contribution in [0.5, 0.6) is 0 Å². The van der Waals surface area contributed by atoms with E-state index < -0.39 is 0 Å². The number of H-pyrrole nitrogens is 1. The molecule has 0 unspecified atom stereocenters. The minimum absolute atomic E-state index is 0.195. The highest BCUT2D eigenvalue weighted by molar-refractivity contribution is 5.87. The van der Waals surface area contributed by atoms with Crippen LogP contribution in [-0.4, -0.2) is 46.9 Å². The molecule has 1 spiro atoms. The number of fused-ring (bicyclic) bond motifs is 1. The Kier molecular flexibility index (Phi) is 2.46. The number of anilines is 1. The minimum Gasteiger partial charge on any atom is -0.364 e. The molecule has 2 aromatic heterocycles. The number of hydrogen-bond acceptors (Lipinski definition) is 5. The average molecular weight is 259 g/mol. The van der Waals surface area contributed by atoms with Gasteiger partial charge in [0.2, 0.25) is 0 Å². The van der Waals surface area contributed by atoms with Gasteiger partial charge in [-0.3, -0.25) is 5.32 Å². The van der Waals surface area contributed by atoms with Gasteiger partial charge in [-0.2, -0.15) is 0 Å². The molecule has 2 saturated heterocycles. The maximum Gasteiger partial charge on any atom is 0.142 e. The van der Waals surface area contributed by atoms with Crippen LogP contribution in [-0.2, 0) is 4.74 Å². The molecule has 2 aliphatic rings. The third-order valence-electron chi connectivity index (χ3n) is 4.28. The van der Waals surface area contributed by atoms with Crippen molar-refractivity contribution in [1.82, 2.24) is 20.3 Å². The summed E-state index contributed by atoms with van der Waals surface area (Å²) in [5.41, 5.74) is 1.11. The van der Waals surface area contributed by atoms with Crippen molar-refractivity contribution in [2.45, 2.75) is 18.4 Å². The molecule has 0 bridgehead atoms. The highest BCUT2D eigenvalue weighted by Crippen LogP contribution is 2.30. The molecule has 0 atom stereocenters. The van der Waals surface area contributed by atoms with E-state index in [2.05, 4.69) is 25.2 Å². The number of hydrogen-bond donors (Lipinski definition) is 2. The van der Waals surface area contributed by atoms with Gasteiger partial charge >= 0.3 is 0 Å². The second kappa shape index (κ2) is 4.18. The summed E-state index contributed by atoms with van der Waals surface area (Å²) in [4.78, 5) is 14.2. The van der Waals surface area contributed by atoms with Crippen LogP contribution in [0.15, 0.2) is 18.6 Å². The molecule has 2 aliphatic heterocycles. The van der Waals surface area contributed by atoms with E-state index >= 15 is 0 Å². The lowest BCUT2D eigenvalue weighted by Gasteiger charge is -2.39. The standard InChI is InChI=1S/C13H17N5O/c1-4-14-11-10(1)12(16-8-15-11)18-5-2-13(3-6-18)7-19-9-17-13/h1,4,8,17H,2-3,5-7,9H2,(H,14,15,16). The third-order valence-corrected chi connectivity index (χ3v) is 4.28. The quantitative estimate of drug-likeness (QED) is 0.795. The normalized spacial score (nSPS) is 22.4. The first-order valence-electron chi connectivity index (χ1n) is 6.72. The van der Waals surface area contributed by atoms with Crippen molar-refractivity contribution in [3.63, 3.8) is 0 Å². The molecular formula is C13H17N5O. The topological polar surface area (TPSA) is 66.1 Å². The lowest BCUT2D eigenvalue weighted by Crippen LogP contribution is -2.52. The van der Waals surface area contributed by atoms with Crippen LogP contribution in [0.1, 0.15) is 12.8 Å². The van der Waals surface area contributed by atoms with Crippen LogP contribution in [0, 0.1) is 0 Å². The van der Waals surface area contributed by atoms with Gasteiger partial charge in [-0.05, 0) is 18.9 Å². The van der Waals surface area contributed by atoms with Gasteiger partial charge in [-0.15, -0.1) is 0 Å². The zero-order chi connectivity index (χ0) is 12.7. The molecule has 0 saturated carbocycles. The Bertz CT molecular complexity index is 579. The summed E-state index contributed by atoms with van der Waals surface area (Å²) in [5, 5.41) is 4.59. The molecule has 4 rings (SSSR count). The molecule has 0 aliphatic carbocycles. The fourth-order valence-electron chi connectivity index (χ4n) is 3.08. The number of aromatic amines is 1. The minimum atomic E-state index is 0.195. The number of rotatable bonds is 1. The molecule has 100 valence electrons. The summed E-state index contributed by atoms with van der Waals surface area (Å²) < 4.78 is 5.48. The largest absolute Gasteiger partial charge is 0.364 e. The van der Waals surface area contributed by atoms with E-state index in [1.54, 1.807) is 6.33 Å². The third kappa shape index (κ3) is 1.79. The number of aromatic nitrogens is 3. The van der Waals surface area contributed by atoms with Crippen molar-refractivity contribution < 1.29 is 4.74 Å². The fourth-order valence-corrected chi connectivity index (χ4v) is 3.08. The molecule has 0 radical (unpaired) electrons. The fraction of sp³-hybridized carbons (Fsp3) is 0.538. The van der Waals surface area contributed by atoms with Crippen molar-refractivity contribution in [2.24, 2.45) is 0 Å². The Labute approximate surface area is 111 Å². The molecular weight excluding hydrogens is 242 g/mol. The Morgan fingerprint density at radius 1 is 1.26 bits per heavy atom. The molecule has 4 heterocycles. The zero-order valence-corrected chi connectivity index (χ0v) is 10.7. The number of ether oxygens (including phenoxy) is 1. The maximum atomic E-state index is 5.48. The highest BCUT2D eigenvalue weighted by Gasteiger charge is 2.38. The first-order valence-corrected chi connectivity index (χ1v) is 6.72. The van der Waals surface area contributed by atoms with Crippen LogP contribution in [0.3, 0.4) is 0 Å². The predicted octanol–water partition coefficient (Wildman–Crippen LogP) is 0.874. The van der Waals surface area contributed by atoms with Gasteiger partial charge in [-0.25, -0.2) is 9.97 Å². The molecule has 0 aromatic carbocycles. The summed E-state index contributed by atoms with van der Waals surface area (Å²) in [6.07, 6.45) is 5.75. The summed E-state index contributed by atoms with van der Waals surface area (Å²) in [6, 6.07) is 2.05. The lowest BCUT2D eigenvalue weighted by atomic mass is 9.89. The van der Waals surface area contributed by atoms with Crippen molar-refractivity contribution in [3.05, 3.63) is 18.6 Å².